The molecule has 1 aliphatic rings. The van der Waals surface area contributed by atoms with Gasteiger partial charge in [-0.05, 0) is 30.5 Å². The number of methoxy groups -OCH3 is 1. The summed E-state index contributed by atoms with van der Waals surface area (Å²) < 4.78 is 10.5. The number of ether oxygens (including phenoxy) is 1. The molecule has 1 amide bonds. The molecule has 0 N–H and O–H groups in total. The van der Waals surface area contributed by atoms with E-state index in [1.54, 1.807) is 30.7 Å². The number of hydrogen-bond acceptors (Lipinski definition) is 6. The van der Waals surface area contributed by atoms with E-state index in [0.717, 1.165) is 41.4 Å². The van der Waals surface area contributed by atoms with Crippen molar-refractivity contribution in [2.75, 3.05) is 13.7 Å². The SMILES string of the molecule is COc1ccc(Cc2cc(C(=O)N3CCC[C@H]3c3nccs3)on2)cc1. The molecule has 6 nitrogen and oxygen atoms in total. The predicted molar refractivity (Wildman–Crippen MR) is 97.4 cm³/mol. The van der Waals surface area contributed by atoms with Gasteiger partial charge < -0.3 is 14.2 Å². The zero-order chi connectivity index (χ0) is 17.9. The summed E-state index contributed by atoms with van der Waals surface area (Å²) in [6, 6.07) is 9.55. The van der Waals surface area contributed by atoms with Gasteiger partial charge in [0.15, 0.2) is 0 Å². The van der Waals surface area contributed by atoms with Crippen molar-refractivity contribution in [2.24, 2.45) is 0 Å². The molecule has 26 heavy (non-hydrogen) atoms. The molecule has 0 bridgehead atoms. The molecular formula is C19H19N3O3S. The fourth-order valence-electron chi connectivity index (χ4n) is 3.26. The Labute approximate surface area is 155 Å². The van der Waals surface area contributed by atoms with Gasteiger partial charge in [-0.2, -0.15) is 0 Å². The van der Waals surface area contributed by atoms with Crippen LogP contribution >= 0.6 is 11.3 Å². The molecule has 3 heterocycles. The normalized spacial score (nSPS) is 16.8. The molecule has 1 aliphatic heterocycles. The summed E-state index contributed by atoms with van der Waals surface area (Å²) in [5.41, 5.74) is 1.82. The molecule has 1 atom stereocenters. The first-order valence-electron chi connectivity index (χ1n) is 8.53. The lowest BCUT2D eigenvalue weighted by Crippen LogP contribution is -2.30. The van der Waals surface area contributed by atoms with Crippen LogP contribution in [0, 0.1) is 0 Å². The maximum Gasteiger partial charge on any atom is 0.293 e. The molecule has 0 radical (unpaired) electrons. The summed E-state index contributed by atoms with van der Waals surface area (Å²) in [5, 5.41) is 6.99. The van der Waals surface area contributed by atoms with Gasteiger partial charge in [-0.1, -0.05) is 17.3 Å². The molecule has 3 aromatic rings. The Morgan fingerprint density at radius 3 is 2.96 bits per heavy atom. The van der Waals surface area contributed by atoms with Crippen molar-refractivity contribution in [3.8, 4) is 5.75 Å². The van der Waals surface area contributed by atoms with E-state index in [-0.39, 0.29) is 17.7 Å². The first kappa shape index (κ1) is 16.8. The van der Waals surface area contributed by atoms with Gasteiger partial charge in [-0.25, -0.2) is 4.98 Å². The van der Waals surface area contributed by atoms with E-state index in [2.05, 4.69) is 10.1 Å². The zero-order valence-electron chi connectivity index (χ0n) is 14.4. The fraction of sp³-hybridized carbons (Fsp3) is 0.316. The van der Waals surface area contributed by atoms with Crippen LogP contribution in [-0.2, 0) is 6.42 Å². The Balaban J connectivity index is 1.47. The lowest BCUT2D eigenvalue weighted by Gasteiger charge is -2.21. The van der Waals surface area contributed by atoms with Crippen LogP contribution in [0.2, 0.25) is 0 Å². The second kappa shape index (κ2) is 7.29. The lowest BCUT2D eigenvalue weighted by atomic mass is 10.1. The summed E-state index contributed by atoms with van der Waals surface area (Å²) in [7, 11) is 1.64. The van der Waals surface area contributed by atoms with E-state index in [9.17, 15) is 4.79 Å². The van der Waals surface area contributed by atoms with Crippen LogP contribution in [0.15, 0.2) is 46.4 Å². The molecule has 2 aromatic heterocycles. The highest BCUT2D eigenvalue weighted by Crippen LogP contribution is 2.34. The zero-order valence-corrected chi connectivity index (χ0v) is 15.2. The standard InChI is InChI=1S/C19H19N3O3S/c1-24-15-6-4-13(5-7-15)11-14-12-17(25-21-14)19(23)22-9-2-3-16(22)18-20-8-10-26-18/h4-8,10,12,16H,2-3,9,11H2,1H3/t16-/m0/s1. The van der Waals surface area contributed by atoms with Crippen molar-refractivity contribution in [1.82, 2.24) is 15.0 Å². The first-order valence-corrected chi connectivity index (χ1v) is 9.41. The third-order valence-corrected chi connectivity index (χ3v) is 5.44. The second-order valence-electron chi connectivity index (χ2n) is 6.23. The van der Waals surface area contributed by atoms with Crippen LogP contribution in [0.25, 0.3) is 0 Å². The van der Waals surface area contributed by atoms with Crippen LogP contribution in [-0.4, -0.2) is 34.6 Å². The van der Waals surface area contributed by atoms with Crippen LogP contribution in [0.5, 0.6) is 5.75 Å². The Hall–Kier alpha value is -2.67. The molecule has 1 aromatic carbocycles. The van der Waals surface area contributed by atoms with Crippen molar-refractivity contribution in [3.05, 3.63) is 63.9 Å². The summed E-state index contributed by atoms with van der Waals surface area (Å²) in [6.07, 6.45) is 4.30. The van der Waals surface area contributed by atoms with E-state index in [0.29, 0.717) is 6.42 Å². The average Bonchev–Trinajstić information content (AvgIpc) is 3.42. The van der Waals surface area contributed by atoms with Gasteiger partial charge >= 0.3 is 0 Å². The predicted octanol–water partition coefficient (Wildman–Crippen LogP) is 3.71. The lowest BCUT2D eigenvalue weighted by molar-refractivity contribution is 0.0693. The first-order chi connectivity index (χ1) is 12.7. The van der Waals surface area contributed by atoms with Gasteiger partial charge in [-0.15, -0.1) is 11.3 Å². The number of likely N-dealkylation sites (tertiary alicyclic amines) is 1. The van der Waals surface area contributed by atoms with Gasteiger partial charge in [0.25, 0.3) is 5.91 Å². The largest absolute Gasteiger partial charge is 0.497 e. The Morgan fingerprint density at radius 2 is 2.23 bits per heavy atom. The summed E-state index contributed by atoms with van der Waals surface area (Å²) in [5.74, 6) is 0.986. The van der Waals surface area contributed by atoms with Crippen molar-refractivity contribution in [2.45, 2.75) is 25.3 Å². The topological polar surface area (TPSA) is 68.5 Å². The molecule has 0 unspecified atom stereocenters. The number of benzene rings is 1. The third kappa shape index (κ3) is 3.35. The molecule has 1 saturated heterocycles. The van der Waals surface area contributed by atoms with Gasteiger partial charge in [-0.3, -0.25) is 4.79 Å². The summed E-state index contributed by atoms with van der Waals surface area (Å²) in [6.45, 7) is 0.720. The number of carbonyl (C=O) groups excluding carboxylic acids is 1. The Bertz CT molecular complexity index is 874. The highest BCUT2D eigenvalue weighted by Gasteiger charge is 2.33. The molecule has 0 spiro atoms. The molecule has 0 aliphatic carbocycles. The number of rotatable bonds is 5. The molecule has 0 saturated carbocycles. The number of carbonyl (C=O) groups is 1. The maximum atomic E-state index is 12.9. The van der Waals surface area contributed by atoms with E-state index < -0.39 is 0 Å². The molecule has 4 rings (SSSR count). The van der Waals surface area contributed by atoms with Gasteiger partial charge in [0.05, 0.1) is 18.8 Å². The van der Waals surface area contributed by atoms with Crippen LogP contribution in [0.3, 0.4) is 0 Å². The average molecular weight is 369 g/mol. The van der Waals surface area contributed by atoms with E-state index >= 15 is 0 Å². The van der Waals surface area contributed by atoms with E-state index in [1.807, 2.05) is 34.5 Å². The molecular weight excluding hydrogens is 350 g/mol. The number of nitrogens with zero attached hydrogens (tertiary/aromatic N) is 3. The summed E-state index contributed by atoms with van der Waals surface area (Å²) >= 11 is 1.59. The fourth-order valence-corrected chi connectivity index (χ4v) is 4.04. The minimum atomic E-state index is -0.115. The molecule has 7 heteroatoms. The van der Waals surface area contributed by atoms with Gasteiger partial charge in [0.1, 0.15) is 10.8 Å². The Kier molecular flexibility index (Phi) is 4.71. The van der Waals surface area contributed by atoms with Crippen molar-refractivity contribution in [1.29, 1.82) is 0 Å². The molecule has 1 fully saturated rings. The number of thiazole rings is 1. The number of hydrogen-bond donors (Lipinski definition) is 0. The van der Waals surface area contributed by atoms with Crippen molar-refractivity contribution >= 4 is 17.2 Å². The third-order valence-electron chi connectivity index (χ3n) is 4.56. The second-order valence-corrected chi connectivity index (χ2v) is 7.16. The highest BCUT2D eigenvalue weighted by atomic mass is 32.1. The number of amides is 1. The minimum absolute atomic E-state index is 0.0395. The van der Waals surface area contributed by atoms with Gasteiger partial charge in [0, 0.05) is 30.6 Å². The van der Waals surface area contributed by atoms with Crippen LogP contribution in [0.1, 0.15) is 45.7 Å². The van der Waals surface area contributed by atoms with Crippen molar-refractivity contribution in [3.63, 3.8) is 0 Å². The van der Waals surface area contributed by atoms with E-state index in [4.69, 9.17) is 9.26 Å². The quantitative estimate of drug-likeness (QED) is 0.686. The highest BCUT2D eigenvalue weighted by molar-refractivity contribution is 7.09. The minimum Gasteiger partial charge on any atom is -0.497 e. The number of aromatic nitrogens is 2. The van der Waals surface area contributed by atoms with Crippen LogP contribution in [0.4, 0.5) is 0 Å². The Morgan fingerprint density at radius 1 is 1.38 bits per heavy atom. The monoisotopic (exact) mass is 369 g/mol. The van der Waals surface area contributed by atoms with Crippen molar-refractivity contribution < 1.29 is 14.1 Å². The van der Waals surface area contributed by atoms with Gasteiger partial charge in [0.2, 0.25) is 5.76 Å². The maximum absolute atomic E-state index is 12.9. The van der Waals surface area contributed by atoms with Crippen LogP contribution < -0.4 is 4.74 Å². The van der Waals surface area contributed by atoms with E-state index in [1.165, 1.54) is 0 Å². The molecule has 134 valence electrons. The summed E-state index contributed by atoms with van der Waals surface area (Å²) in [4.78, 5) is 19.1. The smallest absolute Gasteiger partial charge is 0.293 e.